The molecule has 15 heteroatoms. The van der Waals surface area contributed by atoms with E-state index >= 15 is 0 Å². The second-order valence-corrected chi connectivity index (χ2v) is 16.4. The molecule has 2 aliphatic rings. The number of aromatic amines is 2. The van der Waals surface area contributed by atoms with Crippen molar-refractivity contribution in [2.45, 2.75) is 77.5 Å². The van der Waals surface area contributed by atoms with Gasteiger partial charge in [-0.15, -0.1) is 0 Å². The first-order chi connectivity index (χ1) is 28.9. The van der Waals surface area contributed by atoms with Gasteiger partial charge >= 0.3 is 12.2 Å². The van der Waals surface area contributed by atoms with E-state index in [0.717, 1.165) is 92.6 Å². The maximum Gasteiger partial charge on any atom is 0.407 e. The largest absolute Gasteiger partial charge is 0.453 e. The molecule has 0 aliphatic carbocycles. The zero-order valence-corrected chi connectivity index (χ0v) is 34.7. The lowest BCUT2D eigenvalue weighted by Crippen LogP contribution is -2.51. The highest BCUT2D eigenvalue weighted by atomic mass is 16.5. The van der Waals surface area contributed by atoms with Crippen molar-refractivity contribution in [1.29, 1.82) is 0 Å². The van der Waals surface area contributed by atoms with Gasteiger partial charge < -0.3 is 39.9 Å². The molecule has 2 aliphatic heterocycles. The Labute approximate surface area is 347 Å². The summed E-state index contributed by atoms with van der Waals surface area (Å²) in [4.78, 5) is 76.6. The number of ether oxygens (including phenoxy) is 2. The van der Waals surface area contributed by atoms with Gasteiger partial charge in [-0.2, -0.15) is 0 Å². The van der Waals surface area contributed by atoms with Crippen molar-refractivity contribution in [3.8, 4) is 22.4 Å². The number of nitrogens with zero attached hydrogens (tertiary/aromatic N) is 5. The number of nitrogens with one attached hydrogen (secondary N) is 4. The molecule has 0 bridgehead atoms. The van der Waals surface area contributed by atoms with E-state index in [1.807, 2.05) is 68.0 Å². The number of fused-ring (bicyclic) bond motifs is 3. The van der Waals surface area contributed by atoms with Crippen LogP contribution in [-0.4, -0.2) is 98.1 Å². The highest BCUT2D eigenvalue weighted by Crippen LogP contribution is 2.36. The number of amides is 4. The van der Waals surface area contributed by atoms with Crippen molar-refractivity contribution in [3.63, 3.8) is 0 Å². The lowest BCUT2D eigenvalue weighted by Gasteiger charge is -2.29. The average molecular weight is 814 g/mol. The van der Waals surface area contributed by atoms with Crippen molar-refractivity contribution in [2.75, 3.05) is 27.3 Å². The number of carbonyl (C=O) groups is 4. The van der Waals surface area contributed by atoms with Gasteiger partial charge in [0.25, 0.3) is 0 Å². The number of benzene rings is 3. The third-order valence-electron chi connectivity index (χ3n) is 11.8. The molecule has 0 saturated carbocycles. The van der Waals surface area contributed by atoms with Crippen LogP contribution in [0.15, 0.2) is 66.9 Å². The molecule has 6 aromatic rings. The summed E-state index contributed by atoms with van der Waals surface area (Å²) in [5.74, 6) is 0.935. The summed E-state index contributed by atoms with van der Waals surface area (Å²) in [5.41, 5.74) is 7.17. The summed E-state index contributed by atoms with van der Waals surface area (Å²) in [6.45, 7) is 8.78. The Morgan fingerprint density at radius 1 is 0.650 bits per heavy atom. The molecule has 312 valence electrons. The van der Waals surface area contributed by atoms with Crippen LogP contribution in [0, 0.1) is 11.8 Å². The summed E-state index contributed by atoms with van der Waals surface area (Å²) in [7, 11) is 2.58. The SMILES string of the molecule is COC(=O)NC(C(=O)N1CCCC1c1nc2ccc(-c3ccc4cc(-c5ccc6nc(C7CCCN7C(=O)C(NC(=O)OC)C(C)C)[nH]c6c5)ncc4c3)cc2[nH]1)C(C)C. The van der Waals surface area contributed by atoms with Crippen LogP contribution in [0.25, 0.3) is 55.2 Å². The molecule has 15 nitrogen and oxygen atoms in total. The van der Waals surface area contributed by atoms with Crippen LogP contribution < -0.4 is 10.6 Å². The standard InChI is InChI=1S/C45H51N9O6/c1-24(2)38(51-44(57)59-5)42(55)53-17-7-9-36(53)40-47-31-15-13-27(21-34(31)49-40)26-11-12-28-20-33(46-23-30(28)19-26)29-14-16-32-35(22-29)50-41(48-32)37-10-8-18-54(37)43(56)39(25(3)4)52-45(58)60-6/h11-16,19-25,36-39H,7-10,17-18H2,1-6H3,(H,47,49)(H,48,50)(H,51,57)(H,52,58). The maximum atomic E-state index is 13.7. The Kier molecular flexibility index (Phi) is 11.2. The summed E-state index contributed by atoms with van der Waals surface area (Å²) in [6, 6.07) is 18.7. The molecular formula is C45H51N9O6. The Morgan fingerprint density at radius 3 is 1.65 bits per heavy atom. The Hall–Kier alpha value is -6.51. The summed E-state index contributed by atoms with van der Waals surface area (Å²) < 4.78 is 9.56. The molecule has 0 radical (unpaired) electrons. The van der Waals surface area contributed by atoms with Gasteiger partial charge in [0.15, 0.2) is 0 Å². The minimum Gasteiger partial charge on any atom is -0.453 e. The first kappa shape index (κ1) is 40.3. The molecule has 8 rings (SSSR count). The van der Waals surface area contributed by atoms with Crippen molar-refractivity contribution in [2.24, 2.45) is 11.8 Å². The van der Waals surface area contributed by atoms with E-state index in [4.69, 9.17) is 24.4 Å². The fourth-order valence-electron chi connectivity index (χ4n) is 8.58. The zero-order chi connectivity index (χ0) is 42.2. The van der Waals surface area contributed by atoms with Gasteiger partial charge in [-0.1, -0.05) is 52.0 Å². The molecule has 4 amide bonds. The monoisotopic (exact) mass is 813 g/mol. The van der Waals surface area contributed by atoms with E-state index in [-0.39, 0.29) is 35.7 Å². The number of hydrogen-bond acceptors (Lipinski definition) is 9. The number of likely N-dealkylation sites (tertiary alicyclic amines) is 2. The minimum absolute atomic E-state index is 0.113. The van der Waals surface area contributed by atoms with Crippen LogP contribution in [-0.2, 0) is 19.1 Å². The number of aromatic nitrogens is 5. The topological polar surface area (TPSA) is 188 Å². The molecule has 0 spiro atoms. The third-order valence-corrected chi connectivity index (χ3v) is 11.8. The second-order valence-electron chi connectivity index (χ2n) is 16.4. The fourth-order valence-corrected chi connectivity index (χ4v) is 8.58. The Bertz CT molecular complexity index is 2420. The van der Waals surface area contributed by atoms with Gasteiger partial charge in [0.1, 0.15) is 23.7 Å². The van der Waals surface area contributed by atoms with Crippen LogP contribution in [0.2, 0.25) is 0 Å². The lowest BCUT2D eigenvalue weighted by atomic mass is 10.0. The molecule has 4 atom stereocenters. The van der Waals surface area contributed by atoms with Crippen molar-refractivity contribution in [1.82, 2.24) is 45.4 Å². The molecule has 2 saturated heterocycles. The zero-order valence-electron chi connectivity index (χ0n) is 34.7. The predicted molar refractivity (Wildman–Crippen MR) is 228 cm³/mol. The van der Waals surface area contributed by atoms with Crippen LogP contribution in [0.4, 0.5) is 9.59 Å². The molecule has 4 unspecified atom stereocenters. The van der Waals surface area contributed by atoms with Crippen molar-refractivity contribution in [3.05, 3.63) is 78.5 Å². The number of H-pyrrole nitrogens is 2. The number of pyridine rings is 1. The summed E-state index contributed by atoms with van der Waals surface area (Å²) in [5, 5.41) is 7.46. The first-order valence-corrected chi connectivity index (χ1v) is 20.6. The normalized spacial score (nSPS) is 17.8. The molecule has 60 heavy (non-hydrogen) atoms. The number of imidazole rings is 2. The van der Waals surface area contributed by atoms with E-state index in [9.17, 15) is 19.2 Å². The van der Waals surface area contributed by atoms with E-state index in [1.165, 1.54) is 14.2 Å². The molecule has 3 aromatic heterocycles. The highest BCUT2D eigenvalue weighted by molar-refractivity contribution is 5.92. The Morgan fingerprint density at radius 2 is 1.13 bits per heavy atom. The van der Waals surface area contributed by atoms with Crippen LogP contribution in [0.1, 0.15) is 77.1 Å². The second kappa shape index (κ2) is 16.6. The van der Waals surface area contributed by atoms with E-state index in [1.54, 1.807) is 0 Å². The third kappa shape index (κ3) is 7.83. The number of methoxy groups -OCH3 is 2. The summed E-state index contributed by atoms with van der Waals surface area (Å²) >= 11 is 0. The highest BCUT2D eigenvalue weighted by Gasteiger charge is 2.39. The number of rotatable bonds is 10. The van der Waals surface area contributed by atoms with Crippen LogP contribution >= 0.6 is 0 Å². The number of alkyl carbamates (subject to hydrolysis) is 2. The van der Waals surface area contributed by atoms with Gasteiger partial charge in [0.05, 0.1) is 54.1 Å². The fraction of sp³-hybridized carbons (Fsp3) is 0.400. The van der Waals surface area contributed by atoms with Gasteiger partial charge in [0, 0.05) is 30.2 Å². The molecule has 3 aromatic carbocycles. The van der Waals surface area contributed by atoms with E-state index in [2.05, 4.69) is 57.0 Å². The first-order valence-electron chi connectivity index (χ1n) is 20.6. The maximum absolute atomic E-state index is 13.7. The number of hydrogen-bond donors (Lipinski definition) is 4. The van der Waals surface area contributed by atoms with Crippen LogP contribution in [0.5, 0.6) is 0 Å². The van der Waals surface area contributed by atoms with Gasteiger partial charge in [-0.3, -0.25) is 14.6 Å². The smallest absolute Gasteiger partial charge is 0.407 e. The molecule has 5 heterocycles. The van der Waals surface area contributed by atoms with Gasteiger partial charge in [0.2, 0.25) is 11.8 Å². The van der Waals surface area contributed by atoms with Crippen LogP contribution in [0.3, 0.4) is 0 Å². The molecule has 4 N–H and O–H groups in total. The van der Waals surface area contributed by atoms with Gasteiger partial charge in [-0.25, -0.2) is 19.6 Å². The van der Waals surface area contributed by atoms with E-state index in [0.29, 0.717) is 13.1 Å². The molecule has 2 fully saturated rings. The van der Waals surface area contributed by atoms with E-state index < -0.39 is 24.3 Å². The molecular weight excluding hydrogens is 763 g/mol. The van der Waals surface area contributed by atoms with Crippen molar-refractivity contribution >= 4 is 56.8 Å². The lowest BCUT2D eigenvalue weighted by molar-refractivity contribution is -0.136. The quantitative estimate of drug-likeness (QED) is 0.109. The van der Waals surface area contributed by atoms with Gasteiger partial charge in [-0.05, 0) is 90.4 Å². The summed E-state index contributed by atoms with van der Waals surface area (Å²) in [6.07, 6.45) is 3.86. The van der Waals surface area contributed by atoms with Crippen molar-refractivity contribution < 1.29 is 28.7 Å². The predicted octanol–water partition coefficient (Wildman–Crippen LogP) is 7.41. The number of carbonyl (C=O) groups excluding carboxylic acids is 4. The Balaban J connectivity index is 0.993. The average Bonchev–Trinajstić information content (AvgIpc) is 4.08. The minimum atomic E-state index is -0.700.